The van der Waals surface area contributed by atoms with Crippen LogP contribution in [0.4, 0.5) is 0 Å². The van der Waals surface area contributed by atoms with Crippen LogP contribution in [-0.4, -0.2) is 30.6 Å². The Balaban J connectivity index is 1.53. The maximum Gasteiger partial charge on any atom is 0.0238 e. The van der Waals surface area contributed by atoms with E-state index in [0.717, 1.165) is 12.6 Å². The molecule has 1 heterocycles. The average Bonchev–Trinajstić information content (AvgIpc) is 2.47. The highest BCUT2D eigenvalue weighted by molar-refractivity contribution is 5.29. The van der Waals surface area contributed by atoms with Gasteiger partial charge >= 0.3 is 0 Å². The van der Waals surface area contributed by atoms with Gasteiger partial charge in [-0.2, -0.15) is 0 Å². The predicted octanol–water partition coefficient (Wildman–Crippen LogP) is 3.60. The van der Waals surface area contributed by atoms with E-state index in [1.807, 2.05) is 0 Å². The Kier molecular flexibility index (Phi) is 4.37. The van der Waals surface area contributed by atoms with E-state index in [1.165, 1.54) is 44.2 Å². The van der Waals surface area contributed by atoms with Crippen molar-refractivity contribution in [3.63, 3.8) is 0 Å². The maximum atomic E-state index is 3.72. The second kappa shape index (κ2) is 6.10. The largest absolute Gasteiger partial charge is 0.308 e. The zero-order chi connectivity index (χ0) is 14.9. The summed E-state index contributed by atoms with van der Waals surface area (Å²) >= 11 is 0. The Morgan fingerprint density at radius 2 is 1.81 bits per heavy atom. The van der Waals surface area contributed by atoms with E-state index in [-0.39, 0.29) is 0 Å². The monoisotopic (exact) mass is 286 g/mol. The van der Waals surface area contributed by atoms with Crippen molar-refractivity contribution in [1.82, 2.24) is 10.2 Å². The summed E-state index contributed by atoms with van der Waals surface area (Å²) in [5.41, 5.74) is 3.59. The molecule has 2 heteroatoms. The van der Waals surface area contributed by atoms with Crippen molar-refractivity contribution in [1.29, 1.82) is 0 Å². The molecule has 21 heavy (non-hydrogen) atoms. The number of nitrogens with zero attached hydrogens (tertiary/aromatic N) is 1. The van der Waals surface area contributed by atoms with Gasteiger partial charge < -0.3 is 10.2 Å². The molecule has 0 aromatic heterocycles. The highest BCUT2D eigenvalue weighted by Crippen LogP contribution is 2.36. The van der Waals surface area contributed by atoms with Gasteiger partial charge in [-0.3, -0.25) is 0 Å². The molecule has 0 saturated heterocycles. The van der Waals surface area contributed by atoms with Crippen molar-refractivity contribution in [3.8, 4) is 0 Å². The molecule has 1 aliphatic carbocycles. The topological polar surface area (TPSA) is 15.3 Å². The summed E-state index contributed by atoms with van der Waals surface area (Å²) < 4.78 is 0. The van der Waals surface area contributed by atoms with Crippen LogP contribution >= 0.6 is 0 Å². The van der Waals surface area contributed by atoms with Crippen LogP contribution < -0.4 is 5.32 Å². The molecule has 1 fully saturated rings. The number of rotatable bonds is 3. The number of hydrogen-bond donors (Lipinski definition) is 1. The molecule has 1 N–H and O–H groups in total. The predicted molar refractivity (Wildman–Crippen MR) is 89.4 cm³/mol. The molecule has 1 aromatic carbocycles. The molecule has 0 amide bonds. The SMILES string of the molecule is CN(CC1Cc2ccccc2CN1)C1CCC(C)(C)CC1. The van der Waals surface area contributed by atoms with Crippen molar-refractivity contribution in [3.05, 3.63) is 35.4 Å². The van der Waals surface area contributed by atoms with Crippen LogP contribution in [0.3, 0.4) is 0 Å². The van der Waals surface area contributed by atoms with Crippen LogP contribution in [0.25, 0.3) is 0 Å². The fourth-order valence-corrected chi connectivity index (χ4v) is 3.97. The van der Waals surface area contributed by atoms with Gasteiger partial charge in [0.15, 0.2) is 0 Å². The minimum atomic E-state index is 0.569. The fourth-order valence-electron chi connectivity index (χ4n) is 3.97. The molecule has 0 spiro atoms. The Hall–Kier alpha value is -0.860. The van der Waals surface area contributed by atoms with E-state index >= 15 is 0 Å². The Labute approximate surface area is 129 Å². The summed E-state index contributed by atoms with van der Waals surface area (Å²) in [5, 5.41) is 3.72. The summed E-state index contributed by atoms with van der Waals surface area (Å²) in [7, 11) is 2.32. The van der Waals surface area contributed by atoms with Crippen LogP contribution in [0.1, 0.15) is 50.7 Å². The van der Waals surface area contributed by atoms with Crippen LogP contribution in [0.2, 0.25) is 0 Å². The van der Waals surface area contributed by atoms with E-state index in [4.69, 9.17) is 0 Å². The first-order chi connectivity index (χ1) is 10.0. The lowest BCUT2D eigenvalue weighted by atomic mass is 9.75. The van der Waals surface area contributed by atoms with Gasteiger partial charge in [0.05, 0.1) is 0 Å². The first kappa shape index (κ1) is 15.1. The lowest BCUT2D eigenvalue weighted by Gasteiger charge is -2.40. The van der Waals surface area contributed by atoms with Gasteiger partial charge in [0.2, 0.25) is 0 Å². The molecule has 3 rings (SSSR count). The van der Waals surface area contributed by atoms with Crippen molar-refractivity contribution in [2.75, 3.05) is 13.6 Å². The van der Waals surface area contributed by atoms with Crippen LogP contribution in [0, 0.1) is 5.41 Å². The standard InChI is InChI=1S/C19H30N2/c1-19(2)10-8-18(9-11-19)21(3)14-17-12-15-6-4-5-7-16(15)13-20-17/h4-7,17-18,20H,8-14H2,1-3H3. The van der Waals surface area contributed by atoms with E-state index in [0.29, 0.717) is 11.5 Å². The third kappa shape index (κ3) is 3.67. The molecular formula is C19H30N2. The number of benzene rings is 1. The number of fused-ring (bicyclic) bond motifs is 1. The summed E-state index contributed by atoms with van der Waals surface area (Å²) in [5.74, 6) is 0. The molecule has 1 saturated carbocycles. The van der Waals surface area contributed by atoms with E-state index < -0.39 is 0 Å². The fraction of sp³-hybridized carbons (Fsp3) is 0.684. The zero-order valence-electron chi connectivity index (χ0n) is 13.9. The Morgan fingerprint density at radius 1 is 1.14 bits per heavy atom. The van der Waals surface area contributed by atoms with E-state index in [9.17, 15) is 0 Å². The smallest absolute Gasteiger partial charge is 0.0238 e. The first-order valence-corrected chi connectivity index (χ1v) is 8.54. The van der Waals surface area contributed by atoms with Gasteiger partial charge in [-0.15, -0.1) is 0 Å². The molecule has 1 unspecified atom stereocenters. The molecule has 2 aliphatic rings. The Morgan fingerprint density at radius 3 is 2.52 bits per heavy atom. The average molecular weight is 286 g/mol. The molecule has 1 aromatic rings. The minimum absolute atomic E-state index is 0.569. The lowest BCUT2D eigenvalue weighted by molar-refractivity contribution is 0.118. The number of hydrogen-bond acceptors (Lipinski definition) is 2. The van der Waals surface area contributed by atoms with Gasteiger partial charge in [0.25, 0.3) is 0 Å². The lowest BCUT2D eigenvalue weighted by Crippen LogP contribution is -2.47. The van der Waals surface area contributed by atoms with Gasteiger partial charge in [-0.05, 0) is 55.7 Å². The first-order valence-electron chi connectivity index (χ1n) is 8.54. The minimum Gasteiger partial charge on any atom is -0.308 e. The van der Waals surface area contributed by atoms with Gasteiger partial charge in [-0.25, -0.2) is 0 Å². The number of likely N-dealkylation sites (N-methyl/N-ethyl adjacent to an activating group) is 1. The van der Waals surface area contributed by atoms with Crippen LogP contribution in [0.5, 0.6) is 0 Å². The molecular weight excluding hydrogens is 256 g/mol. The molecule has 0 bridgehead atoms. The van der Waals surface area contributed by atoms with Gasteiger partial charge in [0, 0.05) is 25.2 Å². The highest BCUT2D eigenvalue weighted by Gasteiger charge is 2.30. The summed E-state index contributed by atoms with van der Waals surface area (Å²) in [6.07, 6.45) is 6.67. The highest BCUT2D eigenvalue weighted by atomic mass is 15.2. The maximum absolute atomic E-state index is 3.72. The molecule has 116 valence electrons. The van der Waals surface area contributed by atoms with Crippen molar-refractivity contribution in [2.24, 2.45) is 5.41 Å². The van der Waals surface area contributed by atoms with Crippen LogP contribution in [-0.2, 0) is 13.0 Å². The molecule has 0 radical (unpaired) electrons. The second-order valence-corrected chi connectivity index (χ2v) is 7.89. The molecule has 1 atom stereocenters. The summed E-state index contributed by atoms with van der Waals surface area (Å²) in [6, 6.07) is 10.3. The van der Waals surface area contributed by atoms with Gasteiger partial charge in [0.1, 0.15) is 0 Å². The van der Waals surface area contributed by atoms with Crippen molar-refractivity contribution in [2.45, 2.75) is 64.6 Å². The summed E-state index contributed by atoms with van der Waals surface area (Å²) in [6.45, 7) is 7.05. The van der Waals surface area contributed by atoms with Gasteiger partial charge in [-0.1, -0.05) is 38.1 Å². The molecule has 1 aliphatic heterocycles. The Bertz CT molecular complexity index is 470. The van der Waals surface area contributed by atoms with Crippen molar-refractivity contribution >= 4 is 0 Å². The third-order valence-electron chi connectivity index (χ3n) is 5.61. The van der Waals surface area contributed by atoms with Crippen LogP contribution in [0.15, 0.2) is 24.3 Å². The van der Waals surface area contributed by atoms with E-state index in [1.54, 1.807) is 5.56 Å². The quantitative estimate of drug-likeness (QED) is 0.913. The molecule has 2 nitrogen and oxygen atoms in total. The third-order valence-corrected chi connectivity index (χ3v) is 5.61. The second-order valence-electron chi connectivity index (χ2n) is 7.89. The van der Waals surface area contributed by atoms with Crippen molar-refractivity contribution < 1.29 is 0 Å². The number of nitrogens with one attached hydrogen (secondary N) is 1. The zero-order valence-corrected chi connectivity index (χ0v) is 13.9. The summed E-state index contributed by atoms with van der Waals surface area (Å²) in [4.78, 5) is 2.61. The van der Waals surface area contributed by atoms with E-state index in [2.05, 4.69) is 55.4 Å². The normalized spacial score (nSPS) is 25.8.